The summed E-state index contributed by atoms with van der Waals surface area (Å²) in [6.07, 6.45) is -1.07. The van der Waals surface area contributed by atoms with Gasteiger partial charge in [0.2, 0.25) is 0 Å². The van der Waals surface area contributed by atoms with E-state index >= 15 is 0 Å². The summed E-state index contributed by atoms with van der Waals surface area (Å²) < 4.78 is 34.3. The normalized spacial score (nSPS) is 13.7. The van der Waals surface area contributed by atoms with Crippen LogP contribution in [0.5, 0.6) is 0 Å². The lowest BCUT2D eigenvalue weighted by atomic mass is 10.0. The lowest BCUT2D eigenvalue weighted by Gasteiger charge is -2.09. The second-order valence-corrected chi connectivity index (χ2v) is 9.37. The van der Waals surface area contributed by atoms with Crippen molar-refractivity contribution in [3.05, 3.63) is 63.3 Å². The molecule has 4 aromatic heterocycles. The highest BCUT2D eigenvalue weighted by Gasteiger charge is 2.32. The summed E-state index contributed by atoms with van der Waals surface area (Å²) in [7, 11) is 0. The van der Waals surface area contributed by atoms with E-state index in [0.717, 1.165) is 35.6 Å². The van der Waals surface area contributed by atoms with Gasteiger partial charge in [0.15, 0.2) is 5.76 Å². The summed E-state index contributed by atoms with van der Waals surface area (Å²) in [5, 5.41) is 7.59. The lowest BCUT2D eigenvalue weighted by Crippen LogP contribution is -2.16. The smallest absolute Gasteiger partial charge is 0.291 e. The van der Waals surface area contributed by atoms with Crippen LogP contribution in [0.15, 0.2) is 28.7 Å². The standard InChI is InChI=1S/C23H21F2N5O3S/c1-10-7-11(2)30(29-10)9-13-5-6-16(33-13)22(32)28-18-17-14(12-3-4-12)8-15(20(24)25)27-23(17)34-19(18)21(26)31/h5-8,12,20H,3-4,9H2,1-2H3,(H2,26,31)(H,28,32). The molecule has 4 aromatic rings. The van der Waals surface area contributed by atoms with Gasteiger partial charge in [-0.15, -0.1) is 11.3 Å². The molecule has 4 heterocycles. The minimum Gasteiger partial charge on any atom is -0.454 e. The van der Waals surface area contributed by atoms with Crippen LogP contribution in [0.25, 0.3) is 10.2 Å². The molecule has 0 radical (unpaired) electrons. The van der Waals surface area contributed by atoms with Crippen LogP contribution >= 0.6 is 11.3 Å². The van der Waals surface area contributed by atoms with Crippen LogP contribution < -0.4 is 11.1 Å². The van der Waals surface area contributed by atoms with Gasteiger partial charge in [0.1, 0.15) is 21.2 Å². The number of aromatic nitrogens is 3. The predicted octanol–water partition coefficient (Wildman–Crippen LogP) is 4.92. The first-order valence-electron chi connectivity index (χ1n) is 10.7. The molecule has 0 atom stereocenters. The number of furan rings is 1. The van der Waals surface area contributed by atoms with Gasteiger partial charge in [-0.3, -0.25) is 14.3 Å². The number of primary amides is 1. The van der Waals surface area contributed by atoms with Crippen LogP contribution in [0.3, 0.4) is 0 Å². The number of alkyl halides is 2. The molecule has 2 amide bonds. The molecule has 1 aliphatic carbocycles. The Morgan fingerprint density at radius 3 is 2.68 bits per heavy atom. The Bertz CT molecular complexity index is 1430. The number of anilines is 1. The van der Waals surface area contributed by atoms with Crippen LogP contribution in [0, 0.1) is 13.8 Å². The molecule has 1 fully saturated rings. The quantitative estimate of drug-likeness (QED) is 0.386. The molecule has 0 spiro atoms. The number of amides is 2. The molecular formula is C23H21F2N5O3S. The molecule has 0 unspecified atom stereocenters. The van der Waals surface area contributed by atoms with Crippen LogP contribution in [0.2, 0.25) is 0 Å². The van der Waals surface area contributed by atoms with Gasteiger partial charge in [0.25, 0.3) is 18.2 Å². The minimum absolute atomic E-state index is 0.0384. The summed E-state index contributed by atoms with van der Waals surface area (Å²) >= 11 is 0.895. The van der Waals surface area contributed by atoms with Crippen LogP contribution in [-0.2, 0) is 6.54 Å². The molecule has 0 aliphatic heterocycles. The molecular weight excluding hydrogens is 464 g/mol. The number of nitrogens with zero attached hydrogens (tertiary/aromatic N) is 3. The fraction of sp³-hybridized carbons (Fsp3) is 0.304. The Hall–Kier alpha value is -3.60. The summed E-state index contributed by atoms with van der Waals surface area (Å²) in [5.41, 5.74) is 7.85. The topological polar surface area (TPSA) is 116 Å². The second kappa shape index (κ2) is 8.32. The van der Waals surface area contributed by atoms with E-state index in [1.54, 1.807) is 10.7 Å². The summed E-state index contributed by atoms with van der Waals surface area (Å²) in [6.45, 7) is 4.17. The first-order valence-corrected chi connectivity index (χ1v) is 11.5. The van der Waals surface area contributed by atoms with Crippen molar-refractivity contribution in [2.75, 3.05) is 5.32 Å². The van der Waals surface area contributed by atoms with Crippen molar-refractivity contribution in [2.45, 2.75) is 45.6 Å². The molecule has 1 aliphatic rings. The van der Waals surface area contributed by atoms with Gasteiger partial charge in [-0.25, -0.2) is 13.8 Å². The zero-order chi connectivity index (χ0) is 24.1. The number of pyridine rings is 1. The maximum Gasteiger partial charge on any atom is 0.291 e. The number of carbonyl (C=O) groups is 2. The zero-order valence-corrected chi connectivity index (χ0v) is 19.2. The maximum atomic E-state index is 13.4. The number of hydrogen-bond acceptors (Lipinski definition) is 6. The number of hydrogen-bond donors (Lipinski definition) is 2. The maximum absolute atomic E-state index is 13.4. The van der Waals surface area contributed by atoms with Crippen molar-refractivity contribution < 1.29 is 22.8 Å². The van der Waals surface area contributed by atoms with Crippen LogP contribution in [0.4, 0.5) is 14.5 Å². The molecule has 1 saturated carbocycles. The van der Waals surface area contributed by atoms with Crippen molar-refractivity contribution in [3.63, 3.8) is 0 Å². The van der Waals surface area contributed by atoms with Crippen LogP contribution in [-0.4, -0.2) is 26.6 Å². The van der Waals surface area contributed by atoms with E-state index in [4.69, 9.17) is 10.2 Å². The Balaban J connectivity index is 1.49. The average Bonchev–Trinajstić information content (AvgIpc) is 3.28. The van der Waals surface area contributed by atoms with E-state index in [0.29, 0.717) is 23.3 Å². The van der Waals surface area contributed by atoms with E-state index in [1.165, 1.54) is 12.1 Å². The Morgan fingerprint density at radius 1 is 1.29 bits per heavy atom. The Morgan fingerprint density at radius 2 is 2.06 bits per heavy atom. The van der Waals surface area contributed by atoms with Gasteiger partial charge >= 0.3 is 0 Å². The number of nitrogens with two attached hydrogens (primary N) is 1. The van der Waals surface area contributed by atoms with Gasteiger partial charge < -0.3 is 15.5 Å². The Kier molecular flexibility index (Phi) is 5.43. The highest BCUT2D eigenvalue weighted by atomic mass is 32.1. The fourth-order valence-electron chi connectivity index (χ4n) is 4.01. The highest BCUT2D eigenvalue weighted by molar-refractivity contribution is 7.21. The molecule has 0 aromatic carbocycles. The number of halogens is 2. The summed E-state index contributed by atoms with van der Waals surface area (Å²) in [4.78, 5) is 29.5. The average molecular weight is 486 g/mol. The first kappa shape index (κ1) is 22.2. The molecule has 8 nitrogen and oxygen atoms in total. The monoisotopic (exact) mass is 485 g/mol. The molecule has 0 saturated heterocycles. The van der Waals surface area contributed by atoms with Gasteiger partial charge in [-0.1, -0.05) is 0 Å². The molecule has 0 bridgehead atoms. The third-order valence-electron chi connectivity index (χ3n) is 5.71. The number of thiophene rings is 1. The van der Waals surface area contributed by atoms with Crippen molar-refractivity contribution in [2.24, 2.45) is 5.73 Å². The van der Waals surface area contributed by atoms with E-state index in [9.17, 15) is 18.4 Å². The van der Waals surface area contributed by atoms with E-state index in [1.807, 2.05) is 19.9 Å². The van der Waals surface area contributed by atoms with Gasteiger partial charge in [-0.2, -0.15) is 5.10 Å². The van der Waals surface area contributed by atoms with Gasteiger partial charge in [0.05, 0.1) is 17.9 Å². The minimum atomic E-state index is -2.75. The number of rotatable bonds is 7. The number of aryl methyl sites for hydroxylation is 2. The van der Waals surface area contributed by atoms with Gasteiger partial charge in [-0.05, 0) is 62.4 Å². The molecule has 176 valence electrons. The predicted molar refractivity (Wildman–Crippen MR) is 123 cm³/mol. The van der Waals surface area contributed by atoms with E-state index < -0.39 is 18.2 Å². The van der Waals surface area contributed by atoms with Gasteiger partial charge in [0, 0.05) is 11.1 Å². The first-order chi connectivity index (χ1) is 16.2. The number of nitrogens with one attached hydrogen (secondary N) is 1. The van der Waals surface area contributed by atoms with Crippen molar-refractivity contribution in [1.29, 1.82) is 0 Å². The summed E-state index contributed by atoms with van der Waals surface area (Å²) in [6, 6.07) is 6.51. The van der Waals surface area contributed by atoms with Crippen LogP contribution in [0.1, 0.15) is 73.8 Å². The molecule has 11 heteroatoms. The molecule has 3 N–H and O–H groups in total. The fourth-order valence-corrected chi connectivity index (χ4v) is 5.03. The second-order valence-electron chi connectivity index (χ2n) is 8.37. The van der Waals surface area contributed by atoms with Crippen molar-refractivity contribution >= 4 is 39.1 Å². The Labute approximate surface area is 196 Å². The molecule has 5 rings (SSSR count). The van der Waals surface area contributed by atoms with Crippen molar-refractivity contribution in [3.8, 4) is 0 Å². The molecule has 34 heavy (non-hydrogen) atoms. The third-order valence-corrected chi connectivity index (χ3v) is 6.81. The summed E-state index contributed by atoms with van der Waals surface area (Å²) in [5.74, 6) is -0.713. The van der Waals surface area contributed by atoms with E-state index in [2.05, 4.69) is 15.4 Å². The highest BCUT2D eigenvalue weighted by Crippen LogP contribution is 2.48. The number of fused-ring (bicyclic) bond motifs is 1. The SMILES string of the molecule is Cc1cc(C)n(Cc2ccc(C(=O)Nc3c(C(N)=O)sc4nc(C(F)F)cc(C5CC5)c34)o2)n1. The number of carbonyl (C=O) groups excluding carboxylic acids is 2. The zero-order valence-electron chi connectivity index (χ0n) is 18.4. The van der Waals surface area contributed by atoms with E-state index in [-0.39, 0.29) is 32.8 Å². The largest absolute Gasteiger partial charge is 0.454 e. The third kappa shape index (κ3) is 4.07. The lowest BCUT2D eigenvalue weighted by molar-refractivity contribution is 0.0994. The van der Waals surface area contributed by atoms with Crippen molar-refractivity contribution in [1.82, 2.24) is 14.8 Å².